The molecular weight excluding hydrogens is 228 g/mol. The summed E-state index contributed by atoms with van der Waals surface area (Å²) >= 11 is 0. The molecule has 0 radical (unpaired) electrons. The fraction of sp³-hybridized carbons (Fsp3) is 0.923. The summed E-state index contributed by atoms with van der Waals surface area (Å²) in [4.78, 5) is 19.1. The van der Waals surface area contributed by atoms with Crippen molar-refractivity contribution < 1.29 is 4.79 Å². The predicted molar refractivity (Wildman–Crippen MR) is 72.6 cm³/mol. The van der Waals surface area contributed by atoms with Crippen LogP contribution in [0.5, 0.6) is 0 Å². The average molecular weight is 254 g/mol. The van der Waals surface area contributed by atoms with E-state index in [1.54, 1.807) is 0 Å². The van der Waals surface area contributed by atoms with E-state index >= 15 is 0 Å². The first kappa shape index (κ1) is 13.8. The summed E-state index contributed by atoms with van der Waals surface area (Å²) in [5.41, 5.74) is 0. The van der Waals surface area contributed by atoms with Gasteiger partial charge in [0.25, 0.3) is 0 Å². The number of nitrogens with one attached hydrogen (secondary N) is 1. The Balaban J connectivity index is 1.87. The summed E-state index contributed by atoms with van der Waals surface area (Å²) in [5.74, 6) is 0.310. The topological polar surface area (TPSA) is 38.8 Å². The lowest BCUT2D eigenvalue weighted by molar-refractivity contribution is -0.138. The first-order chi connectivity index (χ1) is 8.68. The normalized spacial score (nSPS) is 25.8. The second-order valence-electron chi connectivity index (χ2n) is 5.44. The molecule has 1 atom stereocenters. The molecule has 2 saturated heterocycles. The summed E-state index contributed by atoms with van der Waals surface area (Å²) < 4.78 is 0. The Morgan fingerprint density at radius 1 is 1.06 bits per heavy atom. The van der Waals surface area contributed by atoms with Crippen LogP contribution in [0.1, 0.15) is 13.3 Å². The van der Waals surface area contributed by atoms with Gasteiger partial charge in [-0.2, -0.15) is 0 Å². The van der Waals surface area contributed by atoms with Gasteiger partial charge >= 0.3 is 0 Å². The van der Waals surface area contributed by atoms with Gasteiger partial charge in [-0.1, -0.05) is 0 Å². The van der Waals surface area contributed by atoms with Crippen LogP contribution in [0.3, 0.4) is 0 Å². The zero-order chi connectivity index (χ0) is 13.0. The highest BCUT2D eigenvalue weighted by Crippen LogP contribution is 2.08. The molecule has 1 N–H and O–H groups in total. The third kappa shape index (κ3) is 3.43. The maximum absolute atomic E-state index is 12.5. The number of likely N-dealkylation sites (N-methyl/N-ethyl adjacent to an activating group) is 1. The van der Waals surface area contributed by atoms with E-state index in [9.17, 15) is 4.79 Å². The number of carbonyl (C=O) groups is 1. The van der Waals surface area contributed by atoms with E-state index in [0.29, 0.717) is 5.91 Å². The Morgan fingerprint density at radius 2 is 1.78 bits per heavy atom. The summed E-state index contributed by atoms with van der Waals surface area (Å²) in [7, 11) is 2.12. The SMILES string of the molecule is CC(C(=O)N1CCN(C)CC1)N1CCCNCC1. The van der Waals surface area contributed by atoms with E-state index in [4.69, 9.17) is 0 Å². The first-order valence-corrected chi connectivity index (χ1v) is 7.10. The molecule has 0 saturated carbocycles. The summed E-state index contributed by atoms with van der Waals surface area (Å²) in [5, 5.41) is 3.38. The molecule has 2 fully saturated rings. The second kappa shape index (κ2) is 6.50. The Morgan fingerprint density at radius 3 is 2.50 bits per heavy atom. The second-order valence-corrected chi connectivity index (χ2v) is 5.44. The van der Waals surface area contributed by atoms with Crippen LogP contribution in [0.2, 0.25) is 0 Å². The Bertz CT molecular complexity index is 268. The zero-order valence-corrected chi connectivity index (χ0v) is 11.7. The van der Waals surface area contributed by atoms with Crippen LogP contribution in [0.15, 0.2) is 0 Å². The van der Waals surface area contributed by atoms with E-state index in [-0.39, 0.29) is 6.04 Å². The fourth-order valence-electron chi connectivity index (χ4n) is 2.70. The third-order valence-electron chi connectivity index (χ3n) is 4.09. The molecule has 0 aliphatic carbocycles. The minimum atomic E-state index is 0.0355. The number of piperazine rings is 1. The molecule has 104 valence electrons. The summed E-state index contributed by atoms with van der Waals surface area (Å²) in [6.07, 6.45) is 1.14. The van der Waals surface area contributed by atoms with Crippen molar-refractivity contribution in [2.24, 2.45) is 0 Å². The minimum absolute atomic E-state index is 0.0355. The molecule has 1 amide bonds. The maximum atomic E-state index is 12.5. The molecule has 2 aliphatic heterocycles. The molecule has 2 heterocycles. The van der Waals surface area contributed by atoms with Gasteiger partial charge in [0.15, 0.2) is 0 Å². The lowest BCUT2D eigenvalue weighted by Crippen LogP contribution is -2.53. The largest absolute Gasteiger partial charge is 0.339 e. The monoisotopic (exact) mass is 254 g/mol. The van der Waals surface area contributed by atoms with Crippen LogP contribution in [0, 0.1) is 0 Å². The summed E-state index contributed by atoms with van der Waals surface area (Å²) in [6, 6.07) is 0.0355. The van der Waals surface area contributed by atoms with E-state index in [2.05, 4.69) is 29.1 Å². The number of hydrogen-bond donors (Lipinski definition) is 1. The molecule has 5 nitrogen and oxygen atoms in total. The number of hydrogen-bond acceptors (Lipinski definition) is 4. The van der Waals surface area contributed by atoms with Gasteiger partial charge < -0.3 is 15.1 Å². The Kier molecular flexibility index (Phi) is 4.97. The molecule has 2 rings (SSSR count). The maximum Gasteiger partial charge on any atom is 0.239 e. The van der Waals surface area contributed by atoms with E-state index in [1.165, 1.54) is 0 Å². The molecular formula is C13H26N4O. The highest BCUT2D eigenvalue weighted by atomic mass is 16.2. The van der Waals surface area contributed by atoms with Crippen LogP contribution in [0.4, 0.5) is 0 Å². The number of carbonyl (C=O) groups excluding carboxylic acids is 1. The Labute approximate surface area is 110 Å². The van der Waals surface area contributed by atoms with Crippen molar-refractivity contribution in [1.82, 2.24) is 20.0 Å². The number of nitrogens with zero attached hydrogens (tertiary/aromatic N) is 3. The van der Waals surface area contributed by atoms with Crippen LogP contribution >= 0.6 is 0 Å². The van der Waals surface area contributed by atoms with Gasteiger partial charge in [0.05, 0.1) is 6.04 Å². The van der Waals surface area contributed by atoms with Crippen LogP contribution in [0.25, 0.3) is 0 Å². The van der Waals surface area contributed by atoms with Crippen molar-refractivity contribution in [2.45, 2.75) is 19.4 Å². The van der Waals surface area contributed by atoms with Gasteiger partial charge in [0.1, 0.15) is 0 Å². The van der Waals surface area contributed by atoms with Crippen molar-refractivity contribution >= 4 is 5.91 Å². The smallest absolute Gasteiger partial charge is 0.239 e. The van der Waals surface area contributed by atoms with Crippen LogP contribution < -0.4 is 5.32 Å². The fourth-order valence-corrected chi connectivity index (χ4v) is 2.70. The van der Waals surface area contributed by atoms with Crippen molar-refractivity contribution in [3.05, 3.63) is 0 Å². The predicted octanol–water partition coefficient (Wildman–Crippen LogP) is -0.556. The third-order valence-corrected chi connectivity index (χ3v) is 4.09. The van der Waals surface area contributed by atoms with E-state index in [1.807, 2.05) is 4.90 Å². The quantitative estimate of drug-likeness (QED) is 0.717. The molecule has 2 aliphatic rings. The average Bonchev–Trinajstić information content (AvgIpc) is 2.67. The number of rotatable bonds is 2. The zero-order valence-electron chi connectivity index (χ0n) is 11.7. The minimum Gasteiger partial charge on any atom is -0.339 e. The molecule has 5 heteroatoms. The highest BCUT2D eigenvalue weighted by molar-refractivity contribution is 5.81. The summed E-state index contributed by atoms with van der Waals surface area (Å²) in [6.45, 7) is 9.92. The lowest BCUT2D eigenvalue weighted by Gasteiger charge is -2.36. The molecule has 0 spiro atoms. The molecule has 0 bridgehead atoms. The lowest BCUT2D eigenvalue weighted by atomic mass is 10.2. The standard InChI is InChI=1S/C13H26N4O/c1-12(16-6-3-4-14-5-7-16)13(18)17-10-8-15(2)9-11-17/h12,14H,3-11H2,1-2H3. The van der Waals surface area contributed by atoms with Crippen molar-refractivity contribution in [3.8, 4) is 0 Å². The molecule has 18 heavy (non-hydrogen) atoms. The molecule has 0 aromatic heterocycles. The van der Waals surface area contributed by atoms with Gasteiger partial charge in [-0.05, 0) is 26.9 Å². The van der Waals surface area contributed by atoms with Gasteiger partial charge in [-0.15, -0.1) is 0 Å². The van der Waals surface area contributed by atoms with Crippen LogP contribution in [-0.4, -0.2) is 86.1 Å². The van der Waals surface area contributed by atoms with E-state index in [0.717, 1.165) is 58.8 Å². The van der Waals surface area contributed by atoms with Gasteiger partial charge in [-0.25, -0.2) is 0 Å². The van der Waals surface area contributed by atoms with Crippen molar-refractivity contribution in [2.75, 3.05) is 59.4 Å². The molecule has 0 aromatic carbocycles. The van der Waals surface area contributed by atoms with Crippen molar-refractivity contribution in [1.29, 1.82) is 0 Å². The van der Waals surface area contributed by atoms with E-state index < -0.39 is 0 Å². The van der Waals surface area contributed by atoms with Crippen molar-refractivity contribution in [3.63, 3.8) is 0 Å². The highest BCUT2D eigenvalue weighted by Gasteiger charge is 2.27. The Hall–Kier alpha value is -0.650. The van der Waals surface area contributed by atoms with Crippen LogP contribution in [-0.2, 0) is 4.79 Å². The van der Waals surface area contributed by atoms with Gasteiger partial charge in [0.2, 0.25) is 5.91 Å². The first-order valence-electron chi connectivity index (χ1n) is 7.10. The van der Waals surface area contributed by atoms with Gasteiger partial charge in [0, 0.05) is 45.8 Å². The number of amides is 1. The molecule has 0 aromatic rings. The molecule has 1 unspecified atom stereocenters. The van der Waals surface area contributed by atoms with Gasteiger partial charge in [-0.3, -0.25) is 9.69 Å².